The quantitative estimate of drug-likeness (QED) is 0.416. The SMILES string of the molecule is C=C[C@H]1O[C@@H](n2cnc3c(NOC)nc(Cl)nc32)[C@H](O)[C@@H]1O. The number of halogens is 1. The summed E-state index contributed by atoms with van der Waals surface area (Å²) in [6.07, 6.45) is -0.965. The van der Waals surface area contributed by atoms with Gasteiger partial charge in [0, 0.05) is 0 Å². The fourth-order valence-corrected chi connectivity index (χ4v) is 2.52. The molecule has 0 radical (unpaired) electrons. The molecule has 4 atom stereocenters. The van der Waals surface area contributed by atoms with E-state index in [0.29, 0.717) is 11.2 Å². The molecule has 22 heavy (non-hydrogen) atoms. The number of aliphatic hydroxyl groups is 2. The molecule has 0 unspecified atom stereocenters. The van der Waals surface area contributed by atoms with Crippen molar-refractivity contribution in [2.45, 2.75) is 24.5 Å². The Morgan fingerprint density at radius 1 is 1.45 bits per heavy atom. The summed E-state index contributed by atoms with van der Waals surface area (Å²) in [4.78, 5) is 17.1. The topological polar surface area (TPSA) is 115 Å². The summed E-state index contributed by atoms with van der Waals surface area (Å²) < 4.78 is 7.05. The van der Waals surface area contributed by atoms with Crippen LogP contribution < -0.4 is 5.48 Å². The molecule has 118 valence electrons. The van der Waals surface area contributed by atoms with Crippen LogP contribution in [0.25, 0.3) is 11.2 Å². The molecule has 0 spiro atoms. The van der Waals surface area contributed by atoms with Crippen LogP contribution in [0.5, 0.6) is 0 Å². The first-order valence-corrected chi connectivity index (χ1v) is 6.77. The molecule has 1 aliphatic heterocycles. The molecule has 0 saturated carbocycles. The second kappa shape index (κ2) is 5.78. The molecular formula is C12H14ClN5O4. The zero-order valence-corrected chi connectivity index (χ0v) is 12.3. The number of anilines is 1. The lowest BCUT2D eigenvalue weighted by Gasteiger charge is -2.16. The summed E-state index contributed by atoms with van der Waals surface area (Å²) in [5, 5.41) is 20.0. The Morgan fingerprint density at radius 2 is 2.23 bits per heavy atom. The normalized spacial score (nSPS) is 28.2. The Kier molecular flexibility index (Phi) is 3.98. The number of imidazole rings is 1. The van der Waals surface area contributed by atoms with Gasteiger partial charge in [0.25, 0.3) is 0 Å². The summed E-state index contributed by atoms with van der Waals surface area (Å²) in [6.45, 7) is 3.56. The third-order valence-corrected chi connectivity index (χ3v) is 3.54. The van der Waals surface area contributed by atoms with E-state index in [1.54, 1.807) is 0 Å². The number of aliphatic hydroxyl groups excluding tert-OH is 2. The van der Waals surface area contributed by atoms with Gasteiger partial charge in [0.2, 0.25) is 5.28 Å². The predicted molar refractivity (Wildman–Crippen MR) is 77.1 cm³/mol. The van der Waals surface area contributed by atoms with Gasteiger partial charge < -0.3 is 14.9 Å². The maximum atomic E-state index is 10.1. The van der Waals surface area contributed by atoms with Gasteiger partial charge in [-0.25, -0.2) is 10.5 Å². The van der Waals surface area contributed by atoms with Gasteiger partial charge in [0.1, 0.15) is 18.3 Å². The summed E-state index contributed by atoms with van der Waals surface area (Å²) in [6, 6.07) is 0. The first-order valence-electron chi connectivity index (χ1n) is 6.40. The lowest BCUT2D eigenvalue weighted by Crippen LogP contribution is -2.30. The van der Waals surface area contributed by atoms with Crippen molar-refractivity contribution in [3.05, 3.63) is 24.3 Å². The lowest BCUT2D eigenvalue weighted by molar-refractivity contribution is -0.0244. The van der Waals surface area contributed by atoms with Crippen molar-refractivity contribution in [1.82, 2.24) is 19.5 Å². The first kappa shape index (κ1) is 15.1. The van der Waals surface area contributed by atoms with Gasteiger partial charge in [-0.2, -0.15) is 9.97 Å². The summed E-state index contributed by atoms with van der Waals surface area (Å²) in [5.74, 6) is 0.282. The van der Waals surface area contributed by atoms with Crippen LogP contribution in [0, 0.1) is 0 Å². The predicted octanol–water partition coefficient (Wildman–Crippen LogP) is 0.258. The minimum atomic E-state index is -1.16. The van der Waals surface area contributed by atoms with Crippen molar-refractivity contribution < 1.29 is 19.8 Å². The smallest absolute Gasteiger partial charge is 0.226 e. The maximum Gasteiger partial charge on any atom is 0.226 e. The Bertz CT molecular complexity index is 708. The van der Waals surface area contributed by atoms with E-state index in [9.17, 15) is 10.2 Å². The van der Waals surface area contributed by atoms with Crippen LogP contribution >= 0.6 is 11.6 Å². The van der Waals surface area contributed by atoms with Gasteiger partial charge in [-0.05, 0) is 11.6 Å². The molecule has 1 aliphatic rings. The lowest BCUT2D eigenvalue weighted by atomic mass is 10.1. The van der Waals surface area contributed by atoms with E-state index >= 15 is 0 Å². The minimum absolute atomic E-state index is 0.0258. The monoisotopic (exact) mass is 327 g/mol. The van der Waals surface area contributed by atoms with Gasteiger partial charge in [-0.1, -0.05) is 6.08 Å². The number of nitrogens with one attached hydrogen (secondary N) is 1. The highest BCUT2D eigenvalue weighted by molar-refractivity contribution is 6.28. The molecular weight excluding hydrogens is 314 g/mol. The van der Waals surface area contributed by atoms with Gasteiger partial charge in [-0.15, -0.1) is 6.58 Å². The zero-order chi connectivity index (χ0) is 15.9. The molecule has 2 aromatic heterocycles. The molecule has 3 N–H and O–H groups in total. The molecule has 9 nitrogen and oxygen atoms in total. The van der Waals surface area contributed by atoms with Crippen LogP contribution in [0.4, 0.5) is 5.82 Å². The van der Waals surface area contributed by atoms with Crippen LogP contribution in [0.3, 0.4) is 0 Å². The van der Waals surface area contributed by atoms with E-state index in [-0.39, 0.29) is 11.1 Å². The number of rotatable bonds is 4. The van der Waals surface area contributed by atoms with Crippen molar-refractivity contribution in [3.8, 4) is 0 Å². The van der Waals surface area contributed by atoms with E-state index in [0.717, 1.165) is 0 Å². The van der Waals surface area contributed by atoms with E-state index in [4.69, 9.17) is 21.2 Å². The van der Waals surface area contributed by atoms with E-state index < -0.39 is 24.5 Å². The van der Waals surface area contributed by atoms with E-state index in [2.05, 4.69) is 27.0 Å². The first-order chi connectivity index (χ1) is 10.6. The van der Waals surface area contributed by atoms with E-state index in [1.807, 2.05) is 0 Å². The third-order valence-electron chi connectivity index (χ3n) is 3.37. The van der Waals surface area contributed by atoms with Crippen molar-refractivity contribution in [2.24, 2.45) is 0 Å². The molecule has 2 aromatic rings. The molecule has 1 saturated heterocycles. The molecule has 0 aromatic carbocycles. The van der Waals surface area contributed by atoms with Crippen LogP contribution in [0.2, 0.25) is 5.28 Å². The number of nitrogens with zero attached hydrogens (tertiary/aromatic N) is 4. The summed E-state index contributed by atoms with van der Waals surface area (Å²) >= 11 is 5.89. The summed E-state index contributed by atoms with van der Waals surface area (Å²) in [5.41, 5.74) is 3.28. The highest BCUT2D eigenvalue weighted by atomic mass is 35.5. The molecule has 0 aliphatic carbocycles. The minimum Gasteiger partial charge on any atom is -0.387 e. The Balaban J connectivity index is 2.07. The molecule has 3 heterocycles. The van der Waals surface area contributed by atoms with Crippen molar-refractivity contribution in [3.63, 3.8) is 0 Å². The molecule has 10 heteroatoms. The molecule has 3 rings (SSSR count). The second-order valence-corrected chi connectivity index (χ2v) is 5.02. The third kappa shape index (κ3) is 2.32. The van der Waals surface area contributed by atoms with Crippen molar-refractivity contribution in [2.75, 3.05) is 12.6 Å². The van der Waals surface area contributed by atoms with Gasteiger partial charge >= 0.3 is 0 Å². The maximum absolute atomic E-state index is 10.1. The number of aromatic nitrogens is 4. The van der Waals surface area contributed by atoms with Crippen molar-refractivity contribution in [1.29, 1.82) is 0 Å². The number of ether oxygens (including phenoxy) is 1. The second-order valence-electron chi connectivity index (χ2n) is 4.68. The fraction of sp³-hybridized carbons (Fsp3) is 0.417. The van der Waals surface area contributed by atoms with Gasteiger partial charge in [0.05, 0.1) is 13.4 Å². The van der Waals surface area contributed by atoms with Gasteiger partial charge in [-0.3, -0.25) is 9.40 Å². The Labute approximate surface area is 130 Å². The van der Waals surface area contributed by atoms with E-state index in [1.165, 1.54) is 24.1 Å². The average molecular weight is 328 g/mol. The van der Waals surface area contributed by atoms with Crippen LogP contribution in [0.15, 0.2) is 19.0 Å². The number of hydrogen-bond donors (Lipinski definition) is 3. The largest absolute Gasteiger partial charge is 0.387 e. The standard InChI is InChI=1S/C12H14ClN5O4/c1-3-5-7(19)8(20)11(22-5)18-4-14-6-9(17-21-2)15-12(13)16-10(6)18/h3-5,7-8,11,19-20H,1H2,2H3,(H,15,16,17)/t5-,7-,8-,11-/m1/s1. The number of fused-ring (bicyclic) bond motifs is 1. The van der Waals surface area contributed by atoms with Gasteiger partial charge in [0.15, 0.2) is 23.2 Å². The zero-order valence-electron chi connectivity index (χ0n) is 11.5. The molecule has 0 amide bonds. The fourth-order valence-electron chi connectivity index (χ4n) is 2.35. The summed E-state index contributed by atoms with van der Waals surface area (Å²) in [7, 11) is 1.42. The molecule has 0 bridgehead atoms. The molecule has 1 fully saturated rings. The Hall–Kier alpha value is -1.78. The number of hydrogen-bond acceptors (Lipinski definition) is 8. The van der Waals surface area contributed by atoms with Crippen LogP contribution in [0.1, 0.15) is 6.23 Å². The Morgan fingerprint density at radius 3 is 2.86 bits per heavy atom. The highest BCUT2D eigenvalue weighted by Gasteiger charge is 2.43. The van der Waals surface area contributed by atoms with Crippen LogP contribution in [-0.4, -0.2) is 55.2 Å². The van der Waals surface area contributed by atoms with Crippen LogP contribution in [-0.2, 0) is 9.57 Å². The van der Waals surface area contributed by atoms with Crippen molar-refractivity contribution >= 4 is 28.6 Å². The average Bonchev–Trinajstić information content (AvgIpc) is 3.02. The highest BCUT2D eigenvalue weighted by Crippen LogP contribution is 2.33.